The van der Waals surface area contributed by atoms with E-state index >= 15 is 0 Å². The molecule has 0 rings (SSSR count). The van der Waals surface area contributed by atoms with Crippen LogP contribution in [0.1, 0.15) is 271 Å². The van der Waals surface area contributed by atoms with E-state index < -0.39 is 12.1 Å². The van der Waals surface area contributed by atoms with Crippen molar-refractivity contribution in [1.29, 1.82) is 0 Å². The van der Waals surface area contributed by atoms with Gasteiger partial charge in [-0.15, -0.1) is 0 Å². The molecule has 0 radical (unpaired) electrons. The molecular formula is C72H116O6. The first-order chi connectivity index (χ1) is 38.5. The zero-order valence-corrected chi connectivity index (χ0v) is 50.4. The second-order valence-electron chi connectivity index (χ2n) is 20.6. The van der Waals surface area contributed by atoms with Gasteiger partial charge in [0.15, 0.2) is 6.10 Å². The zero-order chi connectivity index (χ0) is 56.4. The van der Waals surface area contributed by atoms with Crippen molar-refractivity contribution in [3.63, 3.8) is 0 Å². The van der Waals surface area contributed by atoms with Crippen molar-refractivity contribution in [2.75, 3.05) is 13.2 Å². The Bertz CT molecular complexity index is 1710. The van der Waals surface area contributed by atoms with Gasteiger partial charge in [-0.1, -0.05) is 276 Å². The van der Waals surface area contributed by atoms with Crippen LogP contribution < -0.4 is 0 Å². The fourth-order valence-corrected chi connectivity index (χ4v) is 8.40. The number of unbranched alkanes of at least 4 members (excludes halogenated alkanes) is 22. The molecule has 0 N–H and O–H groups in total. The van der Waals surface area contributed by atoms with Gasteiger partial charge in [-0.25, -0.2) is 0 Å². The summed E-state index contributed by atoms with van der Waals surface area (Å²) in [7, 11) is 0. The molecular weight excluding hydrogens is 961 g/mol. The molecule has 0 amide bonds. The Balaban J connectivity index is 4.45. The Morgan fingerprint density at radius 3 is 0.910 bits per heavy atom. The van der Waals surface area contributed by atoms with Crippen LogP contribution in [0.3, 0.4) is 0 Å². The molecule has 78 heavy (non-hydrogen) atoms. The average molecular weight is 1080 g/mol. The van der Waals surface area contributed by atoms with Gasteiger partial charge in [0.25, 0.3) is 0 Å². The van der Waals surface area contributed by atoms with E-state index in [1.165, 1.54) is 116 Å². The van der Waals surface area contributed by atoms with Gasteiger partial charge in [-0.2, -0.15) is 0 Å². The second-order valence-corrected chi connectivity index (χ2v) is 20.6. The fourth-order valence-electron chi connectivity index (χ4n) is 8.40. The number of carbonyl (C=O) groups is 3. The molecule has 0 aromatic rings. The summed E-state index contributed by atoms with van der Waals surface area (Å²) in [5.41, 5.74) is 0. The van der Waals surface area contributed by atoms with Gasteiger partial charge in [0, 0.05) is 12.8 Å². The molecule has 6 nitrogen and oxygen atoms in total. The van der Waals surface area contributed by atoms with E-state index in [0.717, 1.165) is 116 Å². The van der Waals surface area contributed by atoms with Gasteiger partial charge in [-0.05, 0) is 122 Å². The van der Waals surface area contributed by atoms with Crippen LogP contribution in [0, 0.1) is 0 Å². The molecule has 0 aromatic heterocycles. The van der Waals surface area contributed by atoms with Crippen LogP contribution in [0.15, 0.2) is 146 Å². The number of carbonyl (C=O) groups excluding carboxylic acids is 3. The van der Waals surface area contributed by atoms with Crippen molar-refractivity contribution in [3.05, 3.63) is 146 Å². The van der Waals surface area contributed by atoms with E-state index in [1.807, 2.05) is 6.08 Å². The maximum atomic E-state index is 12.9. The Kier molecular flexibility index (Phi) is 60.9. The van der Waals surface area contributed by atoms with Crippen LogP contribution in [-0.2, 0) is 28.6 Å². The number of rotatable bonds is 56. The highest BCUT2D eigenvalue weighted by Gasteiger charge is 2.19. The van der Waals surface area contributed by atoms with Crippen LogP contribution in [0.25, 0.3) is 0 Å². The molecule has 0 aliphatic rings. The third kappa shape index (κ3) is 62.1. The predicted octanol–water partition coefficient (Wildman–Crippen LogP) is 21.9. The normalized spacial score (nSPS) is 13.1. The SMILES string of the molecule is CC/C=C\C/C=C\C/C=C\C/C=C\C/C=C\C/C=C\CCCCCCCCCCC(=O)OCC(COC(=O)C/C=C\C/C=C\C/C=C\C/C=C\C/C=C\CC)OC(=O)CCCCCCCCC/C=C\CCCCCCCCC. The molecule has 0 aliphatic heterocycles. The van der Waals surface area contributed by atoms with Crippen LogP contribution >= 0.6 is 0 Å². The van der Waals surface area contributed by atoms with Gasteiger partial charge in [0.2, 0.25) is 0 Å². The van der Waals surface area contributed by atoms with Gasteiger partial charge in [0.1, 0.15) is 13.2 Å². The highest BCUT2D eigenvalue weighted by molar-refractivity contribution is 5.72. The van der Waals surface area contributed by atoms with Crippen molar-refractivity contribution in [1.82, 2.24) is 0 Å². The van der Waals surface area contributed by atoms with Crippen molar-refractivity contribution in [2.45, 2.75) is 277 Å². The van der Waals surface area contributed by atoms with Crippen molar-refractivity contribution in [3.8, 4) is 0 Å². The molecule has 6 heteroatoms. The number of ether oxygens (including phenoxy) is 3. The predicted molar refractivity (Wildman–Crippen MR) is 339 cm³/mol. The average Bonchev–Trinajstić information content (AvgIpc) is 3.44. The van der Waals surface area contributed by atoms with E-state index in [2.05, 4.69) is 154 Å². The van der Waals surface area contributed by atoms with Crippen LogP contribution in [0.2, 0.25) is 0 Å². The van der Waals surface area contributed by atoms with E-state index in [-0.39, 0.29) is 31.6 Å². The lowest BCUT2D eigenvalue weighted by molar-refractivity contribution is -0.166. The molecule has 0 aromatic carbocycles. The number of hydrogen-bond donors (Lipinski definition) is 0. The summed E-state index contributed by atoms with van der Waals surface area (Å²) in [5.74, 6) is -1.06. The largest absolute Gasteiger partial charge is 0.462 e. The molecule has 0 saturated carbocycles. The number of esters is 3. The van der Waals surface area contributed by atoms with E-state index in [0.29, 0.717) is 12.8 Å². The second kappa shape index (κ2) is 64.8. The van der Waals surface area contributed by atoms with E-state index in [1.54, 1.807) is 6.08 Å². The lowest BCUT2D eigenvalue weighted by Gasteiger charge is -2.18. The van der Waals surface area contributed by atoms with Crippen molar-refractivity contribution >= 4 is 17.9 Å². The first-order valence-corrected chi connectivity index (χ1v) is 31.8. The number of hydrogen-bond acceptors (Lipinski definition) is 6. The summed E-state index contributed by atoms with van der Waals surface area (Å²) >= 11 is 0. The van der Waals surface area contributed by atoms with Crippen LogP contribution in [0.4, 0.5) is 0 Å². The van der Waals surface area contributed by atoms with E-state index in [9.17, 15) is 14.4 Å². The first kappa shape index (κ1) is 73.3. The Morgan fingerprint density at radius 1 is 0.282 bits per heavy atom. The fraction of sp³-hybridized carbons (Fsp3) is 0.625. The van der Waals surface area contributed by atoms with Crippen molar-refractivity contribution in [2.24, 2.45) is 0 Å². The minimum absolute atomic E-state index is 0.119. The summed E-state index contributed by atoms with van der Waals surface area (Å²) in [5, 5.41) is 0. The Labute approximate surface area is 480 Å². The summed E-state index contributed by atoms with van der Waals surface area (Å²) in [6.45, 7) is 6.32. The highest BCUT2D eigenvalue weighted by atomic mass is 16.6. The van der Waals surface area contributed by atoms with Crippen LogP contribution in [-0.4, -0.2) is 37.2 Å². The molecule has 0 bridgehead atoms. The smallest absolute Gasteiger partial charge is 0.309 e. The van der Waals surface area contributed by atoms with Crippen molar-refractivity contribution < 1.29 is 28.6 Å². The first-order valence-electron chi connectivity index (χ1n) is 31.8. The Morgan fingerprint density at radius 2 is 0.551 bits per heavy atom. The summed E-state index contributed by atoms with van der Waals surface area (Å²) < 4.78 is 16.8. The van der Waals surface area contributed by atoms with Gasteiger partial charge >= 0.3 is 17.9 Å². The van der Waals surface area contributed by atoms with Gasteiger partial charge in [0.05, 0.1) is 6.42 Å². The summed E-state index contributed by atoms with van der Waals surface area (Å²) in [4.78, 5) is 38.2. The molecule has 1 atom stereocenters. The summed E-state index contributed by atoms with van der Waals surface area (Å²) in [6, 6.07) is 0. The quantitative estimate of drug-likeness (QED) is 0.0261. The third-order valence-electron chi connectivity index (χ3n) is 13.1. The molecule has 1 unspecified atom stereocenters. The third-order valence-corrected chi connectivity index (χ3v) is 13.1. The topological polar surface area (TPSA) is 78.9 Å². The lowest BCUT2D eigenvalue weighted by Crippen LogP contribution is -2.30. The minimum Gasteiger partial charge on any atom is -0.462 e. The van der Waals surface area contributed by atoms with Crippen LogP contribution in [0.5, 0.6) is 0 Å². The lowest BCUT2D eigenvalue weighted by atomic mass is 10.1. The molecule has 0 spiro atoms. The maximum Gasteiger partial charge on any atom is 0.309 e. The standard InChI is InChI=1S/C72H116O6/c1-4-7-10-13-16-19-22-25-28-30-32-33-34-35-36-37-38-39-40-42-44-47-50-53-56-59-62-65-71(74)77-68-69(67-76-70(73)64-61-58-55-52-49-46-43-27-24-21-18-15-12-9-6-3)78-72(75)66-63-60-57-54-51-48-45-41-31-29-26-23-20-17-14-11-8-5-2/h7,9-10,12,16,18-19,21,25,27-29,31-33,35-36,38-39,43,49,52,58,61,69H,4-6,8,11,13-15,17,20,22-24,26,30,34,37,40-42,44-48,50-51,53-57,59-60,62-68H2,1-3H3/b10-7-,12-9-,19-16-,21-18-,28-25-,31-29-,33-32-,36-35-,39-38-,43-27-,52-49-,61-58-. The zero-order valence-electron chi connectivity index (χ0n) is 50.4. The van der Waals surface area contributed by atoms with E-state index in [4.69, 9.17) is 14.2 Å². The minimum atomic E-state index is -0.831. The number of allylic oxidation sites excluding steroid dienone is 23. The molecule has 0 saturated heterocycles. The molecule has 0 fully saturated rings. The van der Waals surface area contributed by atoms with Gasteiger partial charge < -0.3 is 14.2 Å². The monoisotopic (exact) mass is 1080 g/mol. The maximum absolute atomic E-state index is 12.9. The summed E-state index contributed by atoms with van der Waals surface area (Å²) in [6.07, 6.45) is 93.0. The highest BCUT2D eigenvalue weighted by Crippen LogP contribution is 2.15. The Hall–Kier alpha value is -4.71. The molecule has 440 valence electrons. The molecule has 0 aliphatic carbocycles. The molecule has 0 heterocycles. The van der Waals surface area contributed by atoms with Gasteiger partial charge in [-0.3, -0.25) is 14.4 Å².